The van der Waals surface area contributed by atoms with Crippen LogP contribution in [-0.2, 0) is 10.9 Å². The van der Waals surface area contributed by atoms with Crippen LogP contribution in [0.3, 0.4) is 0 Å². The first-order chi connectivity index (χ1) is 16.3. The number of ketones is 1. The van der Waals surface area contributed by atoms with Gasteiger partial charge in [0, 0.05) is 28.3 Å². The van der Waals surface area contributed by atoms with Crippen LogP contribution in [0.25, 0.3) is 0 Å². The number of thiocarbonyl (C=S) groups is 1. The van der Waals surface area contributed by atoms with Crippen LogP contribution >= 0.6 is 12.2 Å². The minimum absolute atomic E-state index is 0.0688. The lowest BCUT2D eigenvalue weighted by atomic mass is 9.83. The van der Waals surface area contributed by atoms with E-state index >= 15 is 0 Å². The number of carbonyl (C=O) groups is 1. The van der Waals surface area contributed by atoms with Gasteiger partial charge in [-0.15, -0.1) is 0 Å². The summed E-state index contributed by atoms with van der Waals surface area (Å²) in [5, 5.41) is 0. The first-order valence-electron chi connectivity index (χ1n) is 11.6. The van der Waals surface area contributed by atoms with E-state index in [4.69, 9.17) is 12.2 Å². The number of hydrogen-bond donors (Lipinski definition) is 0. The fourth-order valence-corrected chi connectivity index (χ4v) is 6.82. The quantitative estimate of drug-likeness (QED) is 0.193. The molecule has 3 heteroatoms. The van der Waals surface area contributed by atoms with Crippen molar-refractivity contribution in [2.75, 3.05) is 0 Å². The average Bonchev–Trinajstić information content (AvgIpc) is 2.84. The van der Waals surface area contributed by atoms with E-state index in [-0.39, 0.29) is 16.7 Å². The molecule has 4 aromatic carbocycles. The van der Waals surface area contributed by atoms with Gasteiger partial charge >= 0.3 is 0 Å². The van der Waals surface area contributed by atoms with E-state index < -0.39 is 0 Å². The molecule has 0 spiro atoms. The fourth-order valence-electron chi connectivity index (χ4n) is 4.39. The third-order valence-electron chi connectivity index (χ3n) is 6.43. The smallest absolute Gasteiger partial charge is 0.194 e. The van der Waals surface area contributed by atoms with Crippen LogP contribution in [0.15, 0.2) is 99.6 Å². The average molecular weight is 480 g/mol. The molecule has 0 saturated carbocycles. The van der Waals surface area contributed by atoms with Crippen LogP contribution in [0.2, 0.25) is 0 Å². The Morgan fingerprint density at radius 1 is 0.618 bits per heavy atom. The number of fused-ring (bicyclic) bond motifs is 2. The second-order valence-electron chi connectivity index (χ2n) is 9.26. The van der Waals surface area contributed by atoms with Crippen molar-refractivity contribution < 1.29 is 4.79 Å². The summed E-state index contributed by atoms with van der Waals surface area (Å²) in [6, 6.07) is 29.9. The van der Waals surface area contributed by atoms with E-state index in [2.05, 4.69) is 94.4 Å². The van der Waals surface area contributed by atoms with E-state index in [0.29, 0.717) is 11.5 Å². The molecule has 5 rings (SSSR count). The predicted molar refractivity (Wildman–Crippen MR) is 146 cm³/mol. The Bertz CT molecular complexity index is 1370. The highest BCUT2D eigenvalue weighted by molar-refractivity contribution is 7.97. The molecule has 0 saturated heterocycles. The van der Waals surface area contributed by atoms with Gasteiger partial charge in [-0.2, -0.15) is 0 Å². The van der Waals surface area contributed by atoms with E-state index in [1.165, 1.54) is 20.9 Å². The number of hydrogen-bond acceptors (Lipinski definition) is 2. The van der Waals surface area contributed by atoms with E-state index in [1.54, 1.807) is 0 Å². The van der Waals surface area contributed by atoms with Gasteiger partial charge in [0.25, 0.3) is 0 Å². The van der Waals surface area contributed by atoms with Gasteiger partial charge < -0.3 is 0 Å². The molecule has 0 heterocycles. The Morgan fingerprint density at radius 2 is 1.09 bits per heavy atom. The lowest BCUT2D eigenvalue weighted by molar-refractivity contribution is 0.103. The van der Waals surface area contributed by atoms with Crippen LogP contribution in [0.1, 0.15) is 63.5 Å². The highest BCUT2D eigenvalue weighted by Crippen LogP contribution is 2.36. The monoisotopic (exact) mass is 479 g/mol. The van der Waals surface area contributed by atoms with Crippen molar-refractivity contribution in [3.8, 4) is 0 Å². The summed E-state index contributed by atoms with van der Waals surface area (Å²) in [7, 11) is -0.320. The molecule has 1 aliphatic rings. The van der Waals surface area contributed by atoms with Crippen molar-refractivity contribution in [1.29, 1.82) is 0 Å². The summed E-state index contributed by atoms with van der Waals surface area (Å²) >= 11 is 5.85. The van der Waals surface area contributed by atoms with Crippen molar-refractivity contribution in [3.63, 3.8) is 0 Å². The van der Waals surface area contributed by atoms with Gasteiger partial charge in [0.2, 0.25) is 0 Å². The lowest BCUT2D eigenvalue weighted by Crippen LogP contribution is -2.21. The Hall–Kier alpha value is -3.01. The molecule has 0 aliphatic heterocycles. The van der Waals surface area contributed by atoms with Crippen molar-refractivity contribution in [1.82, 2.24) is 0 Å². The zero-order chi connectivity index (χ0) is 24.0. The minimum atomic E-state index is -0.320. The zero-order valence-corrected chi connectivity index (χ0v) is 21.5. The van der Waals surface area contributed by atoms with Crippen LogP contribution in [0.5, 0.6) is 0 Å². The van der Waals surface area contributed by atoms with Crippen LogP contribution in [0.4, 0.5) is 0 Å². The molecule has 0 fully saturated rings. The Morgan fingerprint density at radius 3 is 1.62 bits per heavy atom. The van der Waals surface area contributed by atoms with Gasteiger partial charge in [-0.05, 0) is 67.8 Å². The van der Waals surface area contributed by atoms with Gasteiger partial charge in [-0.3, -0.25) is 4.79 Å². The predicted octanol–water partition coefficient (Wildman–Crippen LogP) is 7.83. The SMILES string of the molecule is Cc1ccc([S+](c2ccc(C)cc2)c2ccc3c(c2)C(=O)c2cc(C(C)C)ccc2C3=S)cc1. The molecule has 0 N–H and O–H groups in total. The zero-order valence-electron chi connectivity index (χ0n) is 19.9. The highest BCUT2D eigenvalue weighted by atomic mass is 32.2. The normalized spacial score (nSPS) is 12.8. The topological polar surface area (TPSA) is 17.1 Å². The van der Waals surface area contributed by atoms with Gasteiger partial charge in [-0.25, -0.2) is 0 Å². The third-order valence-corrected chi connectivity index (χ3v) is 9.08. The number of rotatable bonds is 4. The molecule has 0 atom stereocenters. The molecule has 4 aromatic rings. The lowest BCUT2D eigenvalue weighted by Gasteiger charge is -2.21. The molecule has 34 heavy (non-hydrogen) atoms. The van der Waals surface area contributed by atoms with Crippen LogP contribution in [-0.4, -0.2) is 10.6 Å². The standard InChI is InChI=1S/C31H27OS2/c1-19(2)22-9-15-26-28(17-22)30(32)29-18-25(14-16-27(29)31(26)33)34(23-10-5-20(3)6-11-23)24-12-7-21(4)8-13-24/h5-19H,1-4H3/q+1. The first kappa shape index (κ1) is 22.8. The van der Waals surface area contributed by atoms with Crippen molar-refractivity contribution in [2.45, 2.75) is 48.3 Å². The number of aryl methyl sites for hydroxylation is 2. The first-order valence-corrected chi connectivity index (χ1v) is 13.2. The van der Waals surface area contributed by atoms with E-state index in [0.717, 1.165) is 32.0 Å². The maximum absolute atomic E-state index is 13.7. The maximum atomic E-state index is 13.7. The molecular weight excluding hydrogens is 452 g/mol. The van der Waals surface area contributed by atoms with Gasteiger partial charge in [0.15, 0.2) is 20.5 Å². The van der Waals surface area contributed by atoms with Crippen molar-refractivity contribution in [3.05, 3.63) is 124 Å². The summed E-state index contributed by atoms with van der Waals surface area (Å²) in [4.78, 5) is 18.1. The summed E-state index contributed by atoms with van der Waals surface area (Å²) in [5.41, 5.74) is 6.82. The van der Waals surface area contributed by atoms with Gasteiger partial charge in [0.1, 0.15) is 0 Å². The van der Waals surface area contributed by atoms with E-state index in [9.17, 15) is 4.79 Å². The second kappa shape index (κ2) is 8.98. The molecule has 0 unspecified atom stereocenters. The molecular formula is C31H27OS2+. The molecule has 1 aliphatic carbocycles. The van der Waals surface area contributed by atoms with Gasteiger partial charge in [0.05, 0.1) is 15.8 Å². The fraction of sp³-hybridized carbons (Fsp3) is 0.161. The molecule has 0 radical (unpaired) electrons. The largest absolute Gasteiger partial charge is 0.289 e. The van der Waals surface area contributed by atoms with Gasteiger partial charge in [-0.1, -0.05) is 73.6 Å². The third kappa shape index (κ3) is 4.04. The highest BCUT2D eigenvalue weighted by Gasteiger charge is 2.33. The molecule has 0 amide bonds. The van der Waals surface area contributed by atoms with Crippen molar-refractivity contribution in [2.24, 2.45) is 0 Å². The molecule has 0 aromatic heterocycles. The van der Waals surface area contributed by atoms with Crippen molar-refractivity contribution >= 4 is 33.8 Å². The van der Waals surface area contributed by atoms with E-state index in [1.807, 2.05) is 18.2 Å². The number of benzene rings is 4. The van der Waals surface area contributed by atoms with Crippen LogP contribution in [0, 0.1) is 13.8 Å². The summed E-state index contributed by atoms with van der Waals surface area (Å²) in [5.74, 6) is 0.424. The number of carbonyl (C=O) groups excluding carboxylic acids is 1. The Balaban J connectivity index is 1.66. The summed E-state index contributed by atoms with van der Waals surface area (Å²) < 4.78 is 0. The minimum Gasteiger partial charge on any atom is -0.289 e. The summed E-state index contributed by atoms with van der Waals surface area (Å²) in [6.07, 6.45) is 0. The summed E-state index contributed by atoms with van der Waals surface area (Å²) in [6.45, 7) is 8.51. The molecule has 1 nitrogen and oxygen atoms in total. The van der Waals surface area contributed by atoms with Crippen LogP contribution < -0.4 is 0 Å². The Labute approximate surface area is 210 Å². The molecule has 168 valence electrons. The molecule has 0 bridgehead atoms. The Kier molecular flexibility index (Phi) is 6.01. The maximum Gasteiger partial charge on any atom is 0.194 e. The second-order valence-corrected chi connectivity index (χ2v) is 11.7.